The van der Waals surface area contributed by atoms with Crippen molar-refractivity contribution in [3.05, 3.63) is 21.0 Å². The summed E-state index contributed by atoms with van der Waals surface area (Å²) >= 11 is 3.27. The van der Waals surface area contributed by atoms with E-state index in [-0.39, 0.29) is 12.0 Å². The second-order valence-corrected chi connectivity index (χ2v) is 5.85. The topological polar surface area (TPSA) is 90.0 Å². The number of halogens is 1. The molecule has 106 valence electrons. The van der Waals surface area contributed by atoms with Crippen LogP contribution in [0.4, 0.5) is 5.69 Å². The smallest absolute Gasteiger partial charge is 0.283 e. The predicted octanol–water partition coefficient (Wildman–Crippen LogP) is 1.48. The van der Waals surface area contributed by atoms with E-state index in [2.05, 4.69) is 26.3 Å². The van der Waals surface area contributed by atoms with Crippen LogP contribution in [0, 0.1) is 0 Å². The van der Waals surface area contributed by atoms with Gasteiger partial charge in [0.15, 0.2) is 0 Å². The minimum Gasteiger partial charge on any atom is -0.377 e. The monoisotopic (exact) mass is 330 g/mol. The molecular weight excluding hydrogens is 312 g/mol. The molecule has 1 rings (SSSR count). The highest BCUT2D eigenvalue weighted by molar-refractivity contribution is 9.10. The molecule has 0 aliphatic heterocycles. The van der Waals surface area contributed by atoms with Gasteiger partial charge >= 0.3 is 0 Å². The summed E-state index contributed by atoms with van der Waals surface area (Å²) < 4.78 is 1.81. The second-order valence-electron chi connectivity index (χ2n) is 5.05. The van der Waals surface area contributed by atoms with Crippen LogP contribution in [0.5, 0.6) is 0 Å². The first kappa shape index (κ1) is 15.7. The molecule has 0 unspecified atom stereocenters. The maximum absolute atomic E-state index is 12.0. The number of aromatic nitrogens is 2. The molecule has 0 fully saturated rings. The molecule has 6 nitrogen and oxygen atoms in total. The molecular formula is C12H19BrN4O2. The molecule has 0 saturated heterocycles. The zero-order chi connectivity index (χ0) is 14.6. The van der Waals surface area contributed by atoms with Crippen molar-refractivity contribution in [2.75, 3.05) is 5.32 Å². The Kier molecular flexibility index (Phi) is 5.11. The Hall–Kier alpha value is -1.37. The molecule has 0 saturated carbocycles. The van der Waals surface area contributed by atoms with Crippen LogP contribution in [0.1, 0.15) is 33.6 Å². The van der Waals surface area contributed by atoms with Crippen LogP contribution in [0.15, 0.2) is 15.5 Å². The van der Waals surface area contributed by atoms with Crippen LogP contribution in [-0.2, 0) is 11.3 Å². The van der Waals surface area contributed by atoms with Crippen molar-refractivity contribution >= 4 is 27.5 Å². The largest absolute Gasteiger partial charge is 0.377 e. The van der Waals surface area contributed by atoms with Crippen LogP contribution < -0.4 is 16.6 Å². The Labute approximate surface area is 120 Å². The highest BCUT2D eigenvalue weighted by Gasteiger charge is 2.22. The SMILES string of the molecule is CCCn1ncc(NC(C)(C)CC(N)=O)c(Br)c1=O. The summed E-state index contributed by atoms with van der Waals surface area (Å²) in [6.07, 6.45) is 2.57. The molecule has 1 aromatic heterocycles. The van der Waals surface area contributed by atoms with Crippen LogP contribution in [0.25, 0.3) is 0 Å². The van der Waals surface area contributed by atoms with Crippen molar-refractivity contribution in [1.29, 1.82) is 0 Å². The van der Waals surface area contributed by atoms with Crippen LogP contribution >= 0.6 is 15.9 Å². The molecule has 1 heterocycles. The third-order valence-electron chi connectivity index (χ3n) is 2.51. The van der Waals surface area contributed by atoms with Gasteiger partial charge < -0.3 is 11.1 Å². The number of rotatable bonds is 6. The zero-order valence-corrected chi connectivity index (χ0v) is 13.0. The Morgan fingerprint density at radius 3 is 2.74 bits per heavy atom. The normalized spacial score (nSPS) is 11.4. The standard InChI is InChI=1S/C12H19BrN4O2/c1-4-5-17-11(19)10(13)8(7-15-17)16-12(2,3)6-9(14)18/h7,16H,4-6H2,1-3H3,(H2,14,18). The second kappa shape index (κ2) is 6.18. The summed E-state index contributed by atoms with van der Waals surface area (Å²) in [5, 5.41) is 7.19. The summed E-state index contributed by atoms with van der Waals surface area (Å²) in [7, 11) is 0. The van der Waals surface area contributed by atoms with E-state index < -0.39 is 11.4 Å². The first-order valence-electron chi connectivity index (χ1n) is 6.09. The third-order valence-corrected chi connectivity index (χ3v) is 3.28. The molecule has 0 aromatic carbocycles. The van der Waals surface area contributed by atoms with Crippen molar-refractivity contribution in [2.45, 2.75) is 45.7 Å². The molecule has 7 heteroatoms. The lowest BCUT2D eigenvalue weighted by molar-refractivity contribution is -0.118. The number of carbonyl (C=O) groups is 1. The Bertz CT molecular complexity index is 525. The predicted molar refractivity (Wildman–Crippen MR) is 78.0 cm³/mol. The number of hydrogen-bond donors (Lipinski definition) is 2. The lowest BCUT2D eigenvalue weighted by Gasteiger charge is -2.26. The number of nitrogens with one attached hydrogen (secondary N) is 1. The average molecular weight is 331 g/mol. The van der Waals surface area contributed by atoms with E-state index in [1.165, 1.54) is 4.68 Å². The number of amides is 1. The van der Waals surface area contributed by atoms with Crippen molar-refractivity contribution in [3.8, 4) is 0 Å². The number of carbonyl (C=O) groups excluding carboxylic acids is 1. The number of hydrogen-bond acceptors (Lipinski definition) is 4. The molecule has 1 amide bonds. The Morgan fingerprint density at radius 1 is 1.58 bits per heavy atom. The van der Waals surface area contributed by atoms with E-state index in [1.54, 1.807) is 6.20 Å². The minimum absolute atomic E-state index is 0.164. The molecule has 0 radical (unpaired) electrons. The molecule has 0 bridgehead atoms. The summed E-state index contributed by atoms with van der Waals surface area (Å²) in [6.45, 7) is 6.22. The van der Waals surface area contributed by atoms with E-state index >= 15 is 0 Å². The summed E-state index contributed by atoms with van der Waals surface area (Å²) in [6, 6.07) is 0. The Morgan fingerprint density at radius 2 is 2.21 bits per heavy atom. The first-order chi connectivity index (χ1) is 8.76. The number of aryl methyl sites for hydroxylation is 1. The molecule has 0 aliphatic rings. The van der Waals surface area contributed by atoms with Gasteiger partial charge in [-0.3, -0.25) is 9.59 Å². The number of anilines is 1. The van der Waals surface area contributed by atoms with Gasteiger partial charge in [0.2, 0.25) is 5.91 Å². The minimum atomic E-state index is -0.542. The van der Waals surface area contributed by atoms with Crippen molar-refractivity contribution < 1.29 is 4.79 Å². The molecule has 0 spiro atoms. The maximum atomic E-state index is 12.0. The van der Waals surface area contributed by atoms with Crippen LogP contribution in [0.3, 0.4) is 0 Å². The van der Waals surface area contributed by atoms with Crippen LogP contribution in [0.2, 0.25) is 0 Å². The third kappa shape index (κ3) is 4.34. The lowest BCUT2D eigenvalue weighted by atomic mass is 10.00. The number of primary amides is 1. The highest BCUT2D eigenvalue weighted by Crippen LogP contribution is 2.22. The molecule has 3 N–H and O–H groups in total. The summed E-state index contributed by atoms with van der Waals surface area (Å²) in [5.41, 5.74) is 5.02. The van der Waals surface area contributed by atoms with Crippen molar-refractivity contribution in [2.24, 2.45) is 5.73 Å². The fourth-order valence-corrected chi connectivity index (χ4v) is 2.17. The van der Waals surface area contributed by atoms with Crippen molar-refractivity contribution in [1.82, 2.24) is 9.78 Å². The number of nitrogens with two attached hydrogens (primary N) is 1. The zero-order valence-electron chi connectivity index (χ0n) is 11.4. The molecule has 19 heavy (non-hydrogen) atoms. The van der Waals surface area contributed by atoms with Gasteiger partial charge in [0, 0.05) is 18.5 Å². The lowest BCUT2D eigenvalue weighted by Crippen LogP contribution is -2.37. The summed E-state index contributed by atoms with van der Waals surface area (Å²) in [5.74, 6) is -0.402. The van der Waals surface area contributed by atoms with Gasteiger partial charge in [0.25, 0.3) is 5.56 Å². The van der Waals surface area contributed by atoms with Gasteiger partial charge in [0.05, 0.1) is 11.9 Å². The van der Waals surface area contributed by atoms with Crippen LogP contribution in [-0.4, -0.2) is 21.2 Å². The van der Waals surface area contributed by atoms with E-state index in [9.17, 15) is 9.59 Å². The van der Waals surface area contributed by atoms with E-state index in [0.717, 1.165) is 6.42 Å². The molecule has 1 aromatic rings. The first-order valence-corrected chi connectivity index (χ1v) is 6.88. The quantitative estimate of drug-likeness (QED) is 0.826. The van der Waals surface area contributed by atoms with Gasteiger partial charge in [-0.15, -0.1) is 0 Å². The van der Waals surface area contributed by atoms with E-state index in [4.69, 9.17) is 5.73 Å². The summed E-state index contributed by atoms with van der Waals surface area (Å²) in [4.78, 5) is 23.0. The average Bonchev–Trinajstić information content (AvgIpc) is 2.27. The Balaban J connectivity index is 3.00. The number of nitrogens with zero attached hydrogens (tertiary/aromatic N) is 2. The maximum Gasteiger partial charge on any atom is 0.283 e. The van der Waals surface area contributed by atoms with E-state index in [0.29, 0.717) is 16.7 Å². The fourth-order valence-electron chi connectivity index (χ4n) is 1.77. The highest BCUT2D eigenvalue weighted by atomic mass is 79.9. The van der Waals surface area contributed by atoms with Gasteiger partial charge in [-0.25, -0.2) is 4.68 Å². The van der Waals surface area contributed by atoms with Gasteiger partial charge in [-0.05, 0) is 36.2 Å². The molecule has 0 atom stereocenters. The van der Waals surface area contributed by atoms with Gasteiger partial charge in [-0.1, -0.05) is 6.92 Å². The van der Waals surface area contributed by atoms with Gasteiger partial charge in [0.1, 0.15) is 4.47 Å². The fraction of sp³-hybridized carbons (Fsp3) is 0.583. The van der Waals surface area contributed by atoms with Crippen molar-refractivity contribution in [3.63, 3.8) is 0 Å². The van der Waals surface area contributed by atoms with Gasteiger partial charge in [-0.2, -0.15) is 5.10 Å². The van der Waals surface area contributed by atoms with E-state index in [1.807, 2.05) is 20.8 Å². The molecule has 0 aliphatic carbocycles.